The van der Waals surface area contributed by atoms with Crippen LogP contribution in [0.5, 0.6) is 0 Å². The fourth-order valence-corrected chi connectivity index (χ4v) is 3.45. The molecule has 7 heteroatoms. The maximum Gasteiger partial charge on any atom is 0.257 e. The quantitative estimate of drug-likeness (QED) is 0.761. The number of hydrogen-bond acceptors (Lipinski definition) is 4. The highest BCUT2D eigenvalue weighted by Gasteiger charge is 2.39. The van der Waals surface area contributed by atoms with Crippen LogP contribution in [-0.2, 0) is 0 Å². The highest BCUT2D eigenvalue weighted by atomic mass is 35.5. The molecular formula is C19H20ClN5O. The van der Waals surface area contributed by atoms with Gasteiger partial charge in [0.2, 0.25) is 0 Å². The summed E-state index contributed by atoms with van der Waals surface area (Å²) in [6.07, 6.45) is 5.55. The molecule has 0 saturated heterocycles. The molecule has 0 spiro atoms. The summed E-state index contributed by atoms with van der Waals surface area (Å²) in [5.74, 6) is 0.374. The van der Waals surface area contributed by atoms with Crippen molar-refractivity contribution < 1.29 is 4.79 Å². The van der Waals surface area contributed by atoms with E-state index in [1.165, 1.54) is 0 Å². The van der Waals surface area contributed by atoms with Crippen molar-refractivity contribution in [3.05, 3.63) is 46.9 Å². The van der Waals surface area contributed by atoms with Crippen molar-refractivity contribution in [1.29, 1.82) is 0 Å². The Labute approximate surface area is 156 Å². The topological polar surface area (TPSA) is 72.2 Å². The highest BCUT2D eigenvalue weighted by molar-refractivity contribution is 6.32. The van der Waals surface area contributed by atoms with Gasteiger partial charge in [0.15, 0.2) is 5.65 Å². The Morgan fingerprint density at radius 2 is 2.15 bits per heavy atom. The number of aromatic nitrogens is 4. The molecule has 1 aliphatic rings. The summed E-state index contributed by atoms with van der Waals surface area (Å²) in [5, 5.41) is 7.97. The van der Waals surface area contributed by atoms with E-state index in [0.29, 0.717) is 33.5 Å². The number of pyridine rings is 1. The van der Waals surface area contributed by atoms with Gasteiger partial charge >= 0.3 is 0 Å². The van der Waals surface area contributed by atoms with Crippen molar-refractivity contribution in [1.82, 2.24) is 24.9 Å². The normalized spacial score (nSPS) is 14.6. The van der Waals surface area contributed by atoms with Gasteiger partial charge in [-0.2, -0.15) is 5.10 Å². The molecule has 6 nitrogen and oxygen atoms in total. The number of rotatable bonds is 4. The van der Waals surface area contributed by atoms with Crippen molar-refractivity contribution >= 4 is 23.2 Å². The molecule has 134 valence electrons. The van der Waals surface area contributed by atoms with Gasteiger partial charge in [0.1, 0.15) is 11.3 Å². The molecule has 4 rings (SSSR count). The molecule has 0 atom stereocenters. The van der Waals surface area contributed by atoms with E-state index in [0.717, 1.165) is 18.5 Å². The van der Waals surface area contributed by atoms with Gasteiger partial charge in [-0.15, -0.1) is 0 Å². The summed E-state index contributed by atoms with van der Waals surface area (Å²) in [4.78, 5) is 21.8. The minimum atomic E-state index is -0.234. The summed E-state index contributed by atoms with van der Waals surface area (Å²) in [7, 11) is 0. The number of fused-ring (bicyclic) bond motifs is 1. The molecule has 1 fully saturated rings. The largest absolute Gasteiger partial charge is 0.347 e. The van der Waals surface area contributed by atoms with Crippen molar-refractivity contribution in [2.24, 2.45) is 5.92 Å². The third-order valence-corrected chi connectivity index (χ3v) is 5.23. The summed E-state index contributed by atoms with van der Waals surface area (Å²) >= 11 is 6.26. The van der Waals surface area contributed by atoms with Crippen LogP contribution in [0, 0.1) is 12.8 Å². The molecule has 0 aromatic carbocycles. The van der Waals surface area contributed by atoms with Crippen LogP contribution in [0.3, 0.4) is 0 Å². The van der Waals surface area contributed by atoms with Crippen molar-refractivity contribution in [3.8, 4) is 11.4 Å². The zero-order valence-electron chi connectivity index (χ0n) is 15.0. The van der Waals surface area contributed by atoms with Gasteiger partial charge in [-0.3, -0.25) is 9.78 Å². The molecule has 1 amide bonds. The average Bonchev–Trinajstić information content (AvgIpc) is 3.35. The van der Waals surface area contributed by atoms with Gasteiger partial charge < -0.3 is 5.32 Å². The minimum Gasteiger partial charge on any atom is -0.347 e. The number of nitrogens with one attached hydrogen (secondary N) is 1. The third kappa shape index (κ3) is 2.94. The first-order chi connectivity index (χ1) is 12.4. The Morgan fingerprint density at radius 3 is 2.85 bits per heavy atom. The van der Waals surface area contributed by atoms with Gasteiger partial charge in [-0.05, 0) is 57.7 Å². The van der Waals surface area contributed by atoms with E-state index in [4.69, 9.17) is 11.6 Å². The van der Waals surface area contributed by atoms with Crippen LogP contribution in [0.4, 0.5) is 0 Å². The number of amides is 1. The fraction of sp³-hybridized carbons (Fsp3) is 0.368. The van der Waals surface area contributed by atoms with Gasteiger partial charge in [0.25, 0.3) is 5.91 Å². The first-order valence-corrected chi connectivity index (χ1v) is 9.03. The lowest BCUT2D eigenvalue weighted by atomic mass is 9.98. The van der Waals surface area contributed by atoms with Crippen LogP contribution in [-0.4, -0.2) is 31.0 Å². The average molecular weight is 370 g/mol. The van der Waals surface area contributed by atoms with Crippen LogP contribution < -0.4 is 5.32 Å². The van der Waals surface area contributed by atoms with Crippen LogP contribution in [0.2, 0.25) is 5.02 Å². The lowest BCUT2D eigenvalue weighted by Crippen LogP contribution is -2.45. The second-order valence-corrected chi connectivity index (χ2v) is 7.77. The molecule has 1 aliphatic carbocycles. The molecule has 1 N–H and O–H groups in total. The molecule has 26 heavy (non-hydrogen) atoms. The second-order valence-electron chi connectivity index (χ2n) is 7.36. The minimum absolute atomic E-state index is 0.159. The maximum absolute atomic E-state index is 12.8. The Bertz CT molecular complexity index is 1010. The maximum atomic E-state index is 12.8. The monoisotopic (exact) mass is 369 g/mol. The van der Waals surface area contributed by atoms with E-state index < -0.39 is 0 Å². The lowest BCUT2D eigenvalue weighted by molar-refractivity contribution is 0.0905. The molecule has 0 radical (unpaired) electrons. The summed E-state index contributed by atoms with van der Waals surface area (Å²) in [5.41, 5.74) is 2.79. The van der Waals surface area contributed by atoms with Gasteiger partial charge in [-0.25, -0.2) is 9.50 Å². The van der Waals surface area contributed by atoms with E-state index >= 15 is 0 Å². The number of carbonyl (C=O) groups is 1. The first-order valence-electron chi connectivity index (χ1n) is 8.65. The Hall–Kier alpha value is -2.47. The fourth-order valence-electron chi connectivity index (χ4n) is 3.24. The SMILES string of the molecule is Cc1cc(-c2ncccc2Cl)nc2c(C(=O)NC(C)(C)C3CC3)cnn12. The number of carbonyl (C=O) groups excluding carboxylic acids is 1. The van der Waals surface area contributed by atoms with Crippen LogP contribution in [0.1, 0.15) is 42.7 Å². The Morgan fingerprint density at radius 1 is 1.38 bits per heavy atom. The van der Waals surface area contributed by atoms with E-state index in [1.807, 2.05) is 13.0 Å². The van der Waals surface area contributed by atoms with Crippen molar-refractivity contribution in [2.45, 2.75) is 39.2 Å². The first kappa shape index (κ1) is 17.0. The molecular weight excluding hydrogens is 350 g/mol. The highest BCUT2D eigenvalue weighted by Crippen LogP contribution is 2.39. The summed E-state index contributed by atoms with van der Waals surface area (Å²) in [6.45, 7) is 6.04. The van der Waals surface area contributed by atoms with Gasteiger partial charge in [0, 0.05) is 17.4 Å². The number of hydrogen-bond donors (Lipinski definition) is 1. The van der Waals surface area contributed by atoms with Gasteiger partial charge in [-0.1, -0.05) is 11.6 Å². The Kier molecular flexibility index (Phi) is 3.95. The zero-order valence-corrected chi connectivity index (χ0v) is 15.7. The van der Waals surface area contributed by atoms with Crippen molar-refractivity contribution in [2.75, 3.05) is 0 Å². The number of nitrogens with zero attached hydrogens (tertiary/aromatic N) is 4. The molecule has 0 aliphatic heterocycles. The van der Waals surface area contributed by atoms with E-state index in [2.05, 4.69) is 34.2 Å². The third-order valence-electron chi connectivity index (χ3n) is 4.93. The summed E-state index contributed by atoms with van der Waals surface area (Å²) in [6, 6.07) is 5.41. The second kappa shape index (κ2) is 6.06. The molecule has 3 heterocycles. The molecule has 3 aromatic heterocycles. The molecule has 3 aromatic rings. The zero-order chi connectivity index (χ0) is 18.5. The standard InChI is InChI=1S/C19H20ClN5O/c1-11-9-15(16-14(20)5-4-8-21-16)23-17-13(10-22-25(11)17)18(26)24-19(2,3)12-6-7-12/h4-5,8-10,12H,6-7H2,1-3H3,(H,24,26). The van der Waals surface area contributed by atoms with Crippen LogP contribution >= 0.6 is 11.6 Å². The molecule has 0 bridgehead atoms. The predicted octanol–water partition coefficient (Wildman–Crippen LogP) is 3.67. The number of halogens is 1. The predicted molar refractivity (Wildman–Crippen MR) is 100 cm³/mol. The van der Waals surface area contributed by atoms with Crippen molar-refractivity contribution in [3.63, 3.8) is 0 Å². The smallest absolute Gasteiger partial charge is 0.257 e. The molecule has 1 saturated carbocycles. The van der Waals surface area contributed by atoms with Crippen LogP contribution in [0.15, 0.2) is 30.6 Å². The van der Waals surface area contributed by atoms with Gasteiger partial charge in [0.05, 0.1) is 16.9 Å². The Balaban J connectivity index is 1.77. The summed E-state index contributed by atoms with van der Waals surface area (Å²) < 4.78 is 1.67. The lowest BCUT2D eigenvalue weighted by Gasteiger charge is -2.25. The number of aryl methyl sites for hydroxylation is 1. The van der Waals surface area contributed by atoms with E-state index in [1.54, 1.807) is 29.0 Å². The van der Waals surface area contributed by atoms with E-state index in [9.17, 15) is 4.79 Å². The van der Waals surface area contributed by atoms with E-state index in [-0.39, 0.29) is 11.4 Å². The van der Waals surface area contributed by atoms with Crippen LogP contribution in [0.25, 0.3) is 17.0 Å². The molecule has 0 unspecified atom stereocenters.